The number of nitrogens with zero attached hydrogens (tertiary/aromatic N) is 1. The maximum Gasteiger partial charge on any atom is 0.345 e. The molecule has 5 heteroatoms. The van der Waals surface area contributed by atoms with E-state index in [0.717, 1.165) is 50.1 Å². The predicted molar refractivity (Wildman–Crippen MR) is 81.8 cm³/mol. The Kier molecular flexibility index (Phi) is 3.85. The van der Waals surface area contributed by atoms with Crippen molar-refractivity contribution in [1.29, 1.82) is 0 Å². The van der Waals surface area contributed by atoms with Crippen molar-refractivity contribution in [3.63, 3.8) is 0 Å². The zero-order chi connectivity index (χ0) is 14.9. The number of thiophene rings is 1. The largest absolute Gasteiger partial charge is 0.477 e. The standard InChI is InChI=1S/C16H19NO3S/c18-14(12-5-6-13(21-12)15(19)20)17-10-4-9-16(11-17)7-2-1-3-8-16/h1-2,5-6H,3-4,7-11H2,(H,19,20). The molecule has 0 bridgehead atoms. The molecule has 3 rings (SSSR count). The molecule has 1 amide bonds. The molecule has 1 unspecified atom stereocenters. The van der Waals surface area contributed by atoms with Crippen molar-refractivity contribution < 1.29 is 14.7 Å². The fourth-order valence-corrected chi connectivity index (χ4v) is 4.23. The quantitative estimate of drug-likeness (QED) is 0.852. The summed E-state index contributed by atoms with van der Waals surface area (Å²) in [4.78, 5) is 26.2. The van der Waals surface area contributed by atoms with Crippen LogP contribution in [0.25, 0.3) is 0 Å². The molecule has 0 saturated carbocycles. The third-order valence-corrected chi connectivity index (χ3v) is 5.60. The van der Waals surface area contributed by atoms with Crippen LogP contribution in [0.3, 0.4) is 0 Å². The first-order valence-electron chi connectivity index (χ1n) is 7.37. The number of carboxylic acid groups (broad SMARTS) is 1. The Hall–Kier alpha value is -1.62. The maximum atomic E-state index is 12.6. The first-order chi connectivity index (χ1) is 10.1. The van der Waals surface area contributed by atoms with Gasteiger partial charge in [0.2, 0.25) is 0 Å². The molecule has 2 aliphatic rings. The van der Waals surface area contributed by atoms with Crippen molar-refractivity contribution >= 4 is 23.2 Å². The Labute approximate surface area is 128 Å². The second kappa shape index (κ2) is 5.64. The van der Waals surface area contributed by atoms with E-state index in [0.29, 0.717) is 4.88 Å². The van der Waals surface area contributed by atoms with Crippen LogP contribution >= 0.6 is 11.3 Å². The number of allylic oxidation sites excluding steroid dienone is 2. The molecule has 4 nitrogen and oxygen atoms in total. The van der Waals surface area contributed by atoms with Gasteiger partial charge in [0.25, 0.3) is 5.91 Å². The molecule has 1 N–H and O–H groups in total. The summed E-state index contributed by atoms with van der Waals surface area (Å²) in [6.45, 7) is 1.58. The van der Waals surface area contributed by atoms with Crippen LogP contribution < -0.4 is 0 Å². The first-order valence-corrected chi connectivity index (χ1v) is 8.19. The number of carbonyl (C=O) groups is 2. The highest BCUT2D eigenvalue weighted by atomic mass is 32.1. The molecule has 21 heavy (non-hydrogen) atoms. The number of carboxylic acids is 1. The third kappa shape index (κ3) is 2.88. The summed E-state index contributed by atoms with van der Waals surface area (Å²) in [6.07, 6.45) is 10.0. The van der Waals surface area contributed by atoms with Gasteiger partial charge in [-0.1, -0.05) is 12.2 Å². The molecule has 112 valence electrons. The van der Waals surface area contributed by atoms with E-state index in [-0.39, 0.29) is 16.2 Å². The van der Waals surface area contributed by atoms with E-state index in [1.807, 2.05) is 4.90 Å². The number of amides is 1. The van der Waals surface area contributed by atoms with Gasteiger partial charge in [-0.05, 0) is 49.7 Å². The molecule has 1 aliphatic heterocycles. The number of rotatable bonds is 2. The van der Waals surface area contributed by atoms with E-state index >= 15 is 0 Å². The highest BCUT2D eigenvalue weighted by molar-refractivity contribution is 7.15. The lowest BCUT2D eigenvalue weighted by molar-refractivity contribution is 0.0489. The van der Waals surface area contributed by atoms with Gasteiger partial charge in [-0.2, -0.15) is 0 Å². The molecular weight excluding hydrogens is 286 g/mol. The first kappa shape index (κ1) is 14.3. The van der Waals surface area contributed by atoms with E-state index in [1.165, 1.54) is 12.5 Å². The average molecular weight is 305 g/mol. The molecule has 1 fully saturated rings. The molecular formula is C16H19NO3S. The molecule has 1 aromatic heterocycles. The van der Waals surface area contributed by atoms with Crippen LogP contribution in [0.15, 0.2) is 24.3 Å². The monoisotopic (exact) mass is 305 g/mol. The average Bonchev–Trinajstić information content (AvgIpc) is 2.97. The fourth-order valence-electron chi connectivity index (χ4n) is 3.42. The Morgan fingerprint density at radius 1 is 1.19 bits per heavy atom. The van der Waals surface area contributed by atoms with Crippen LogP contribution in [0.4, 0.5) is 0 Å². The summed E-state index contributed by atoms with van der Waals surface area (Å²) in [5.41, 5.74) is 0.246. The third-order valence-electron chi connectivity index (χ3n) is 4.54. The SMILES string of the molecule is O=C(O)c1ccc(C(=O)N2CCCC3(CC=CCC3)C2)s1. The van der Waals surface area contributed by atoms with Gasteiger partial charge >= 0.3 is 5.97 Å². The summed E-state index contributed by atoms with van der Waals surface area (Å²) in [5, 5.41) is 8.97. The molecule has 0 aromatic carbocycles. The topological polar surface area (TPSA) is 57.6 Å². The van der Waals surface area contributed by atoms with Gasteiger partial charge in [0, 0.05) is 13.1 Å². The molecule has 1 saturated heterocycles. The number of piperidine rings is 1. The number of hydrogen-bond donors (Lipinski definition) is 1. The van der Waals surface area contributed by atoms with Gasteiger partial charge in [-0.25, -0.2) is 4.79 Å². The van der Waals surface area contributed by atoms with Crippen molar-refractivity contribution in [3.05, 3.63) is 34.0 Å². The van der Waals surface area contributed by atoms with Crippen LogP contribution in [0.1, 0.15) is 51.4 Å². The summed E-state index contributed by atoms with van der Waals surface area (Å²) >= 11 is 1.07. The van der Waals surface area contributed by atoms with Crippen LogP contribution in [0.2, 0.25) is 0 Å². The van der Waals surface area contributed by atoms with Crippen molar-refractivity contribution in [2.24, 2.45) is 5.41 Å². The van der Waals surface area contributed by atoms with Gasteiger partial charge in [-0.15, -0.1) is 11.3 Å². The van der Waals surface area contributed by atoms with E-state index < -0.39 is 5.97 Å². The number of hydrogen-bond acceptors (Lipinski definition) is 3. The number of carbonyl (C=O) groups excluding carboxylic acids is 1. The van der Waals surface area contributed by atoms with E-state index in [1.54, 1.807) is 6.07 Å². The van der Waals surface area contributed by atoms with E-state index in [2.05, 4.69) is 12.2 Å². The lowest BCUT2D eigenvalue weighted by Crippen LogP contribution is -2.46. The molecule has 1 spiro atoms. The van der Waals surface area contributed by atoms with Gasteiger partial charge < -0.3 is 10.0 Å². The minimum absolute atomic E-state index is 0.0128. The molecule has 1 aromatic rings. The van der Waals surface area contributed by atoms with E-state index in [9.17, 15) is 9.59 Å². The zero-order valence-electron chi connectivity index (χ0n) is 11.9. The van der Waals surface area contributed by atoms with Crippen molar-refractivity contribution in [2.75, 3.05) is 13.1 Å². The van der Waals surface area contributed by atoms with Gasteiger partial charge in [0.1, 0.15) is 4.88 Å². The Morgan fingerprint density at radius 2 is 2.00 bits per heavy atom. The van der Waals surface area contributed by atoms with Crippen molar-refractivity contribution in [3.8, 4) is 0 Å². The van der Waals surface area contributed by atoms with E-state index in [4.69, 9.17) is 5.11 Å². The lowest BCUT2D eigenvalue weighted by Gasteiger charge is -2.43. The van der Waals surface area contributed by atoms with Crippen LogP contribution in [0.5, 0.6) is 0 Å². The lowest BCUT2D eigenvalue weighted by atomic mass is 9.71. The Morgan fingerprint density at radius 3 is 2.67 bits per heavy atom. The predicted octanol–water partition coefficient (Wildman–Crippen LogP) is 3.41. The second-order valence-corrected chi connectivity index (χ2v) is 7.10. The number of likely N-dealkylation sites (tertiary alicyclic amines) is 1. The zero-order valence-corrected chi connectivity index (χ0v) is 12.7. The number of aromatic carboxylic acids is 1. The molecule has 0 radical (unpaired) electrons. The highest BCUT2D eigenvalue weighted by Crippen LogP contribution is 2.41. The fraction of sp³-hybridized carbons (Fsp3) is 0.500. The molecule has 2 heterocycles. The summed E-state index contributed by atoms with van der Waals surface area (Å²) < 4.78 is 0. The normalized spacial score (nSPS) is 25.2. The molecule has 1 aliphatic carbocycles. The van der Waals surface area contributed by atoms with Gasteiger partial charge in [0.05, 0.1) is 4.88 Å². The summed E-state index contributed by atoms with van der Waals surface area (Å²) in [7, 11) is 0. The minimum Gasteiger partial charge on any atom is -0.477 e. The summed E-state index contributed by atoms with van der Waals surface area (Å²) in [6, 6.07) is 3.15. The van der Waals surface area contributed by atoms with Gasteiger partial charge in [-0.3, -0.25) is 4.79 Å². The second-order valence-electron chi connectivity index (χ2n) is 6.01. The molecule has 1 atom stereocenters. The smallest absolute Gasteiger partial charge is 0.345 e. The maximum absolute atomic E-state index is 12.6. The van der Waals surface area contributed by atoms with Crippen LogP contribution in [-0.4, -0.2) is 35.0 Å². The van der Waals surface area contributed by atoms with Crippen LogP contribution in [0, 0.1) is 5.41 Å². The minimum atomic E-state index is -0.966. The Bertz CT molecular complexity index is 592. The summed E-state index contributed by atoms with van der Waals surface area (Å²) in [5.74, 6) is -0.979. The highest BCUT2D eigenvalue weighted by Gasteiger charge is 2.37. The van der Waals surface area contributed by atoms with Crippen molar-refractivity contribution in [2.45, 2.75) is 32.1 Å². The van der Waals surface area contributed by atoms with Crippen molar-refractivity contribution in [1.82, 2.24) is 4.90 Å². The Balaban J connectivity index is 1.74. The van der Waals surface area contributed by atoms with Gasteiger partial charge in [0.15, 0.2) is 0 Å². The van der Waals surface area contributed by atoms with Crippen LogP contribution in [-0.2, 0) is 0 Å².